The average molecular weight is 289 g/mol. The zero-order chi connectivity index (χ0) is 14.2. The monoisotopic (exact) mass is 288 g/mol. The van der Waals surface area contributed by atoms with E-state index in [1.807, 2.05) is 11.9 Å². The quantitative estimate of drug-likeness (QED) is 0.895. The summed E-state index contributed by atoms with van der Waals surface area (Å²) in [6.07, 6.45) is 0.695. The minimum atomic E-state index is -0.588. The predicted molar refractivity (Wildman–Crippen MR) is 72.2 cm³/mol. The second kappa shape index (κ2) is 5.53. The van der Waals surface area contributed by atoms with Crippen LogP contribution in [0.5, 0.6) is 11.5 Å². The van der Waals surface area contributed by atoms with Crippen LogP contribution in [-0.2, 0) is 0 Å². The normalized spacial score (nSPS) is 23.8. The first-order valence-electron chi connectivity index (χ1n) is 6.14. The molecule has 0 saturated carbocycles. The van der Waals surface area contributed by atoms with Crippen LogP contribution in [0.1, 0.15) is 18.0 Å². The van der Waals surface area contributed by atoms with Crippen LogP contribution in [0, 0.1) is 11.7 Å². The van der Waals surface area contributed by atoms with Gasteiger partial charge in [-0.3, -0.25) is 4.90 Å². The van der Waals surface area contributed by atoms with Gasteiger partial charge >= 0.3 is 0 Å². The van der Waals surface area contributed by atoms with E-state index in [1.54, 1.807) is 0 Å². The van der Waals surface area contributed by atoms with E-state index in [2.05, 4.69) is 0 Å². The second-order valence-corrected chi connectivity index (χ2v) is 5.34. The number of benzene rings is 1. The third kappa shape index (κ3) is 2.50. The minimum absolute atomic E-state index is 0.0470. The number of nitrogens with two attached hydrogens (primary N) is 1. The number of methoxy groups -OCH3 is 1. The van der Waals surface area contributed by atoms with Gasteiger partial charge in [0.05, 0.1) is 17.7 Å². The molecule has 4 nitrogen and oxygen atoms in total. The van der Waals surface area contributed by atoms with Gasteiger partial charge in [0, 0.05) is 18.7 Å². The SMILES string of the molecule is COc1cc(Cl)c(F)c(C2CC(CN)CN2C)c1O. The van der Waals surface area contributed by atoms with Crippen LogP contribution < -0.4 is 10.5 Å². The summed E-state index contributed by atoms with van der Waals surface area (Å²) in [5, 5.41) is 10.1. The van der Waals surface area contributed by atoms with Gasteiger partial charge < -0.3 is 15.6 Å². The van der Waals surface area contributed by atoms with Crippen molar-refractivity contribution in [1.29, 1.82) is 0 Å². The predicted octanol–water partition coefficient (Wildman–Crippen LogP) is 2.14. The van der Waals surface area contributed by atoms with Gasteiger partial charge in [-0.15, -0.1) is 0 Å². The van der Waals surface area contributed by atoms with E-state index in [4.69, 9.17) is 22.1 Å². The summed E-state index contributed by atoms with van der Waals surface area (Å²) in [6.45, 7) is 1.32. The van der Waals surface area contributed by atoms with Crippen LogP contribution in [0.3, 0.4) is 0 Å². The number of rotatable bonds is 3. The fraction of sp³-hybridized carbons (Fsp3) is 0.538. The molecule has 1 aliphatic heterocycles. The first-order chi connectivity index (χ1) is 8.99. The number of aromatic hydroxyl groups is 1. The number of nitrogens with zero attached hydrogens (tertiary/aromatic N) is 1. The van der Waals surface area contributed by atoms with E-state index in [-0.39, 0.29) is 28.1 Å². The molecule has 2 rings (SSSR count). The zero-order valence-electron chi connectivity index (χ0n) is 11.0. The summed E-state index contributed by atoms with van der Waals surface area (Å²) in [7, 11) is 3.29. The Hall–Kier alpha value is -1.04. The second-order valence-electron chi connectivity index (χ2n) is 4.93. The van der Waals surface area contributed by atoms with Gasteiger partial charge in [-0.05, 0) is 25.9 Å². The van der Waals surface area contributed by atoms with Gasteiger partial charge in [0.25, 0.3) is 0 Å². The zero-order valence-corrected chi connectivity index (χ0v) is 11.7. The van der Waals surface area contributed by atoms with Gasteiger partial charge in [0.1, 0.15) is 0 Å². The fourth-order valence-electron chi connectivity index (χ4n) is 2.69. The molecular weight excluding hydrogens is 271 g/mol. The molecule has 0 spiro atoms. The van der Waals surface area contributed by atoms with Crippen molar-refractivity contribution in [3.05, 3.63) is 22.5 Å². The Kier molecular flexibility index (Phi) is 4.18. The van der Waals surface area contributed by atoms with Crippen molar-refractivity contribution >= 4 is 11.6 Å². The largest absolute Gasteiger partial charge is 0.504 e. The average Bonchev–Trinajstić information content (AvgIpc) is 2.76. The summed E-state index contributed by atoms with van der Waals surface area (Å²) in [5.41, 5.74) is 5.86. The minimum Gasteiger partial charge on any atom is -0.504 e. The summed E-state index contributed by atoms with van der Waals surface area (Å²) >= 11 is 5.86. The number of ether oxygens (including phenoxy) is 1. The van der Waals surface area contributed by atoms with E-state index in [1.165, 1.54) is 13.2 Å². The number of halogens is 2. The van der Waals surface area contributed by atoms with E-state index in [0.717, 1.165) is 6.54 Å². The topological polar surface area (TPSA) is 58.7 Å². The Morgan fingerprint density at radius 2 is 2.32 bits per heavy atom. The molecule has 1 heterocycles. The van der Waals surface area contributed by atoms with Gasteiger partial charge in [-0.2, -0.15) is 0 Å². The molecule has 1 aromatic rings. The maximum atomic E-state index is 14.2. The van der Waals surface area contributed by atoms with Crippen LogP contribution in [0.15, 0.2) is 6.07 Å². The lowest BCUT2D eigenvalue weighted by atomic mass is 9.98. The van der Waals surface area contributed by atoms with E-state index >= 15 is 0 Å². The molecule has 0 bridgehead atoms. The van der Waals surface area contributed by atoms with Crippen molar-refractivity contribution in [2.75, 3.05) is 27.2 Å². The van der Waals surface area contributed by atoms with E-state index < -0.39 is 5.82 Å². The number of hydrogen-bond acceptors (Lipinski definition) is 4. The van der Waals surface area contributed by atoms with Crippen molar-refractivity contribution in [3.63, 3.8) is 0 Å². The molecule has 0 aromatic heterocycles. The smallest absolute Gasteiger partial charge is 0.165 e. The summed E-state index contributed by atoms with van der Waals surface area (Å²) in [6, 6.07) is 1.05. The van der Waals surface area contributed by atoms with Crippen LogP contribution in [0.25, 0.3) is 0 Å². The van der Waals surface area contributed by atoms with Crippen LogP contribution in [0.4, 0.5) is 4.39 Å². The molecule has 0 amide bonds. The lowest BCUT2D eigenvalue weighted by Gasteiger charge is -2.22. The molecule has 2 unspecified atom stereocenters. The maximum Gasteiger partial charge on any atom is 0.165 e. The molecule has 1 fully saturated rings. The van der Waals surface area contributed by atoms with Gasteiger partial charge in [0.15, 0.2) is 17.3 Å². The molecule has 1 saturated heterocycles. The van der Waals surface area contributed by atoms with Gasteiger partial charge in [0.2, 0.25) is 0 Å². The number of phenols is 1. The summed E-state index contributed by atoms with van der Waals surface area (Å²) in [4.78, 5) is 1.98. The Balaban J connectivity index is 2.47. The number of phenolic OH excluding ortho intramolecular Hbond substituents is 1. The Bertz CT molecular complexity index is 484. The summed E-state index contributed by atoms with van der Waals surface area (Å²) in [5.74, 6) is -0.293. The third-order valence-electron chi connectivity index (χ3n) is 3.71. The van der Waals surface area contributed by atoms with Crippen LogP contribution >= 0.6 is 11.6 Å². The lowest BCUT2D eigenvalue weighted by molar-refractivity contribution is 0.292. The van der Waals surface area contributed by atoms with Crippen molar-refractivity contribution in [1.82, 2.24) is 4.90 Å². The Labute approximate surface area is 116 Å². The van der Waals surface area contributed by atoms with Crippen molar-refractivity contribution in [2.24, 2.45) is 11.7 Å². The molecule has 19 heavy (non-hydrogen) atoms. The molecule has 6 heteroatoms. The highest BCUT2D eigenvalue weighted by Gasteiger charge is 2.35. The highest BCUT2D eigenvalue weighted by atomic mass is 35.5. The van der Waals surface area contributed by atoms with Gasteiger partial charge in [-0.25, -0.2) is 4.39 Å². The molecule has 0 radical (unpaired) electrons. The highest BCUT2D eigenvalue weighted by molar-refractivity contribution is 6.31. The molecule has 106 valence electrons. The van der Waals surface area contributed by atoms with Crippen molar-refractivity contribution < 1.29 is 14.2 Å². The Morgan fingerprint density at radius 3 is 2.84 bits per heavy atom. The molecule has 2 atom stereocenters. The first-order valence-corrected chi connectivity index (χ1v) is 6.52. The van der Waals surface area contributed by atoms with Crippen LogP contribution in [-0.4, -0.2) is 37.3 Å². The first kappa shape index (κ1) is 14.4. The van der Waals surface area contributed by atoms with Gasteiger partial charge in [-0.1, -0.05) is 11.6 Å². The fourth-order valence-corrected chi connectivity index (χ4v) is 2.89. The lowest BCUT2D eigenvalue weighted by Crippen LogP contribution is -2.21. The maximum absolute atomic E-state index is 14.2. The molecule has 3 N–H and O–H groups in total. The molecule has 1 aliphatic rings. The van der Waals surface area contributed by atoms with Crippen molar-refractivity contribution in [2.45, 2.75) is 12.5 Å². The highest BCUT2D eigenvalue weighted by Crippen LogP contribution is 2.45. The third-order valence-corrected chi connectivity index (χ3v) is 3.99. The number of hydrogen-bond donors (Lipinski definition) is 2. The van der Waals surface area contributed by atoms with E-state index in [9.17, 15) is 9.50 Å². The standard InChI is InChI=1S/C13H18ClFN2O2/c1-17-6-7(5-16)3-9(17)11-12(15)8(14)4-10(19-2)13(11)18/h4,7,9,18H,3,5-6,16H2,1-2H3. The molecular formula is C13H18ClFN2O2. The summed E-state index contributed by atoms with van der Waals surface area (Å²) < 4.78 is 19.3. The van der Waals surface area contributed by atoms with E-state index in [0.29, 0.717) is 18.9 Å². The molecule has 1 aromatic carbocycles. The Morgan fingerprint density at radius 1 is 1.63 bits per heavy atom. The molecule has 0 aliphatic carbocycles. The number of likely N-dealkylation sites (tertiary alicyclic amines) is 1. The van der Waals surface area contributed by atoms with Crippen LogP contribution in [0.2, 0.25) is 5.02 Å². The van der Waals surface area contributed by atoms with Crippen molar-refractivity contribution in [3.8, 4) is 11.5 Å².